The number of alkyl halides is 4. The van der Waals surface area contributed by atoms with Crippen molar-refractivity contribution in [1.29, 1.82) is 0 Å². The van der Waals surface area contributed by atoms with Crippen molar-refractivity contribution in [2.45, 2.75) is 34.8 Å². The molecule has 5 nitrogen and oxygen atoms in total. The van der Waals surface area contributed by atoms with E-state index in [-0.39, 0.29) is 0 Å². The van der Waals surface area contributed by atoms with Crippen molar-refractivity contribution in [3.05, 3.63) is 0 Å². The van der Waals surface area contributed by atoms with Crippen LogP contribution in [0.25, 0.3) is 0 Å². The molecule has 3 amide bonds. The number of hydrogen-bond donors (Lipinski definition) is 1. The van der Waals surface area contributed by atoms with E-state index in [9.17, 15) is 9.59 Å². The van der Waals surface area contributed by atoms with Crippen LogP contribution in [0.15, 0.2) is 0 Å². The van der Waals surface area contributed by atoms with Gasteiger partial charge >= 0.3 is 6.03 Å². The molecule has 0 radical (unpaired) electrons. The summed E-state index contributed by atoms with van der Waals surface area (Å²) in [5, 5.41) is 2.35. The molecule has 1 heterocycles. The highest BCUT2D eigenvalue weighted by Gasteiger charge is 2.66. The first-order valence-corrected chi connectivity index (χ1v) is 6.61. The van der Waals surface area contributed by atoms with Crippen molar-refractivity contribution in [2.75, 3.05) is 7.11 Å². The number of ether oxygens (including phenoxy) is 1. The van der Waals surface area contributed by atoms with Crippen LogP contribution in [-0.4, -0.2) is 44.9 Å². The van der Waals surface area contributed by atoms with Crippen LogP contribution in [-0.2, 0) is 9.53 Å². The molecule has 104 valence electrons. The molecule has 1 saturated heterocycles. The minimum Gasteiger partial charge on any atom is -0.353 e. The second kappa shape index (κ2) is 5.21. The summed E-state index contributed by atoms with van der Waals surface area (Å²) in [4.78, 5) is 23.6. The fourth-order valence-corrected chi connectivity index (χ4v) is 3.12. The van der Waals surface area contributed by atoms with E-state index in [2.05, 4.69) is 5.32 Å². The van der Waals surface area contributed by atoms with Gasteiger partial charge in [-0.2, -0.15) is 0 Å². The molecule has 1 aliphatic rings. The zero-order chi connectivity index (χ0) is 14.3. The van der Waals surface area contributed by atoms with Gasteiger partial charge in [-0.05, 0) is 13.8 Å². The lowest BCUT2D eigenvalue weighted by atomic mass is 10.1. The highest BCUT2D eigenvalue weighted by Crippen LogP contribution is 2.44. The Balaban J connectivity index is 3.31. The molecule has 0 aromatic heterocycles. The molecular formula is C9H12Cl4N2O3. The lowest BCUT2D eigenvalue weighted by Crippen LogP contribution is -2.76. The van der Waals surface area contributed by atoms with Crippen molar-refractivity contribution in [2.24, 2.45) is 0 Å². The zero-order valence-corrected chi connectivity index (χ0v) is 12.9. The lowest BCUT2D eigenvalue weighted by Gasteiger charge is -2.48. The third-order valence-corrected chi connectivity index (χ3v) is 4.11. The van der Waals surface area contributed by atoms with E-state index in [4.69, 9.17) is 51.1 Å². The number of nitrogens with one attached hydrogen (secondary N) is 1. The second-order valence-electron chi connectivity index (χ2n) is 4.01. The van der Waals surface area contributed by atoms with Crippen molar-refractivity contribution in [3.63, 3.8) is 0 Å². The van der Waals surface area contributed by atoms with Gasteiger partial charge in [-0.1, -0.05) is 46.4 Å². The fraction of sp³-hybridized carbons (Fsp3) is 0.778. The van der Waals surface area contributed by atoms with Crippen LogP contribution in [0.4, 0.5) is 4.79 Å². The van der Waals surface area contributed by atoms with Crippen LogP contribution in [0, 0.1) is 0 Å². The van der Waals surface area contributed by atoms with E-state index in [0.717, 1.165) is 4.90 Å². The van der Waals surface area contributed by atoms with Gasteiger partial charge in [0.25, 0.3) is 5.91 Å². The first-order chi connectivity index (χ1) is 8.11. The van der Waals surface area contributed by atoms with Crippen LogP contribution >= 0.6 is 46.4 Å². The monoisotopic (exact) mass is 336 g/mol. The Labute approximate surface area is 125 Å². The molecule has 0 spiro atoms. The average Bonchev–Trinajstić information content (AvgIpc) is 2.23. The number of imide groups is 1. The van der Waals surface area contributed by atoms with Crippen molar-refractivity contribution >= 4 is 58.3 Å². The maximum atomic E-state index is 12.2. The van der Waals surface area contributed by atoms with E-state index in [1.54, 1.807) is 13.8 Å². The number of carbonyl (C=O) groups excluding carboxylic acids is 2. The summed E-state index contributed by atoms with van der Waals surface area (Å²) in [5.74, 6) is -0.835. The number of amides is 3. The van der Waals surface area contributed by atoms with Crippen LogP contribution < -0.4 is 5.32 Å². The average molecular weight is 338 g/mol. The largest absolute Gasteiger partial charge is 0.353 e. The molecule has 0 saturated carbocycles. The summed E-state index contributed by atoms with van der Waals surface area (Å²) in [7, 11) is 1.19. The topological polar surface area (TPSA) is 58.6 Å². The number of halogens is 4. The first-order valence-electron chi connectivity index (χ1n) is 4.98. The molecule has 9 heteroatoms. The molecule has 0 bridgehead atoms. The normalized spacial score (nSPS) is 27.9. The van der Waals surface area contributed by atoms with Gasteiger partial charge in [-0.15, -0.1) is 0 Å². The summed E-state index contributed by atoms with van der Waals surface area (Å²) >= 11 is 23.5. The number of carbonyl (C=O) groups is 2. The standard InChI is InChI=1S/C9H12Cl4N2O3/c1-4(2)15-6(16)8(12,13)9(18-3,5(10)11)14-7(15)17/h4-5H,1-3H3,(H,14,17). The summed E-state index contributed by atoms with van der Waals surface area (Å²) in [6.07, 6.45) is 0. The summed E-state index contributed by atoms with van der Waals surface area (Å²) in [6.45, 7) is 3.28. The van der Waals surface area contributed by atoms with Crippen molar-refractivity contribution < 1.29 is 14.3 Å². The van der Waals surface area contributed by atoms with Gasteiger partial charge in [0.15, 0.2) is 4.84 Å². The molecule has 1 fully saturated rings. The van der Waals surface area contributed by atoms with Gasteiger partial charge in [0.2, 0.25) is 10.1 Å². The number of hydrogen-bond acceptors (Lipinski definition) is 3. The quantitative estimate of drug-likeness (QED) is 0.804. The van der Waals surface area contributed by atoms with Crippen molar-refractivity contribution in [1.82, 2.24) is 10.2 Å². The van der Waals surface area contributed by atoms with Gasteiger partial charge in [0.1, 0.15) is 0 Å². The Morgan fingerprint density at radius 3 is 2.11 bits per heavy atom. The van der Waals surface area contributed by atoms with E-state index < -0.39 is 32.9 Å². The molecule has 0 aromatic carbocycles. The number of urea groups is 1. The van der Waals surface area contributed by atoms with Gasteiger partial charge < -0.3 is 10.1 Å². The highest BCUT2D eigenvalue weighted by atomic mass is 35.5. The smallest absolute Gasteiger partial charge is 0.326 e. The van der Waals surface area contributed by atoms with E-state index in [1.807, 2.05) is 0 Å². The molecule has 1 aliphatic heterocycles. The van der Waals surface area contributed by atoms with E-state index in [1.165, 1.54) is 7.11 Å². The summed E-state index contributed by atoms with van der Waals surface area (Å²) < 4.78 is 2.89. The van der Waals surface area contributed by atoms with Crippen LogP contribution in [0.3, 0.4) is 0 Å². The van der Waals surface area contributed by atoms with Gasteiger partial charge in [-0.25, -0.2) is 4.79 Å². The summed E-state index contributed by atoms with van der Waals surface area (Å²) in [6, 6.07) is -1.14. The molecule has 18 heavy (non-hydrogen) atoms. The third kappa shape index (κ3) is 2.16. The Kier molecular flexibility index (Phi) is 4.66. The molecule has 1 unspecified atom stereocenters. The maximum absolute atomic E-state index is 12.2. The number of nitrogens with zero attached hydrogens (tertiary/aromatic N) is 1. The first kappa shape index (κ1) is 16.1. The zero-order valence-electron chi connectivity index (χ0n) is 9.84. The molecule has 1 N–H and O–H groups in total. The SMILES string of the molecule is COC1(C(Cl)Cl)NC(=O)N(C(C)C)C(=O)C1(Cl)Cl. The van der Waals surface area contributed by atoms with E-state index in [0.29, 0.717) is 0 Å². The molecule has 0 aliphatic carbocycles. The Hall–Kier alpha value is 0.0600. The lowest BCUT2D eigenvalue weighted by molar-refractivity contribution is -0.144. The van der Waals surface area contributed by atoms with Crippen molar-refractivity contribution in [3.8, 4) is 0 Å². The second-order valence-corrected chi connectivity index (χ2v) is 6.44. The van der Waals surface area contributed by atoms with Crippen LogP contribution in [0.5, 0.6) is 0 Å². The minimum atomic E-state index is -2.13. The van der Waals surface area contributed by atoms with Crippen LogP contribution in [0.1, 0.15) is 13.8 Å². The predicted molar refractivity (Wildman–Crippen MR) is 70.2 cm³/mol. The Bertz CT molecular complexity index is 375. The fourth-order valence-electron chi connectivity index (χ4n) is 1.63. The van der Waals surface area contributed by atoms with Gasteiger partial charge in [-0.3, -0.25) is 9.69 Å². The minimum absolute atomic E-state index is 0.423. The number of methoxy groups -OCH3 is 1. The molecule has 0 aromatic rings. The Morgan fingerprint density at radius 2 is 1.78 bits per heavy atom. The third-order valence-electron chi connectivity index (χ3n) is 2.61. The highest BCUT2D eigenvalue weighted by molar-refractivity contribution is 6.61. The van der Waals surface area contributed by atoms with E-state index >= 15 is 0 Å². The Morgan fingerprint density at radius 1 is 1.28 bits per heavy atom. The predicted octanol–water partition coefficient (Wildman–Crippen LogP) is 2.27. The van der Waals surface area contributed by atoms with Gasteiger partial charge in [0, 0.05) is 13.2 Å². The maximum Gasteiger partial charge on any atom is 0.326 e. The van der Waals surface area contributed by atoms with Gasteiger partial charge in [0.05, 0.1) is 0 Å². The molecule has 1 rings (SSSR count). The summed E-state index contributed by atoms with van der Waals surface area (Å²) in [5.41, 5.74) is -1.90. The molecular weight excluding hydrogens is 326 g/mol. The molecule has 1 atom stereocenters. The van der Waals surface area contributed by atoms with Crippen LogP contribution in [0.2, 0.25) is 0 Å². The number of rotatable bonds is 3.